The summed E-state index contributed by atoms with van der Waals surface area (Å²) >= 11 is 0. The van der Waals surface area contributed by atoms with E-state index in [9.17, 15) is 4.79 Å². The molecule has 0 unspecified atom stereocenters. The first-order chi connectivity index (χ1) is 14.3. The Kier molecular flexibility index (Phi) is 7.06. The molecule has 1 heterocycles. The highest BCUT2D eigenvalue weighted by atomic mass is 16.4. The minimum absolute atomic E-state index is 0.0163. The molecule has 0 aliphatic carbocycles. The molecule has 0 aliphatic heterocycles. The summed E-state index contributed by atoms with van der Waals surface area (Å²) in [6, 6.07) is 20.0. The van der Waals surface area contributed by atoms with E-state index in [0.29, 0.717) is 25.3 Å². The van der Waals surface area contributed by atoms with Crippen molar-refractivity contribution in [3.63, 3.8) is 0 Å². The molecule has 30 heavy (non-hydrogen) atoms. The molecule has 0 spiro atoms. The van der Waals surface area contributed by atoms with Crippen LogP contribution in [0.3, 0.4) is 0 Å². The van der Waals surface area contributed by atoms with E-state index in [-0.39, 0.29) is 11.3 Å². The summed E-state index contributed by atoms with van der Waals surface area (Å²) in [5, 5.41) is 3.05. The third-order valence-electron chi connectivity index (χ3n) is 4.83. The molecule has 3 rings (SSSR count). The highest BCUT2D eigenvalue weighted by molar-refractivity contribution is 5.77. The number of aryl methyl sites for hydroxylation is 1. The van der Waals surface area contributed by atoms with Gasteiger partial charge in [-0.2, -0.15) is 0 Å². The predicted molar refractivity (Wildman–Crippen MR) is 121 cm³/mol. The van der Waals surface area contributed by atoms with Gasteiger partial charge in [-0.15, -0.1) is 0 Å². The maximum atomic E-state index is 12.4. The van der Waals surface area contributed by atoms with E-state index in [1.165, 1.54) is 0 Å². The SMILES string of the molecule is CN(C)CC(C)(C)CNC(=O)CCc1nc(-c2ccccc2)c(-c2ccccc2)o1. The second-order valence-electron chi connectivity index (χ2n) is 8.70. The lowest BCUT2D eigenvalue weighted by Gasteiger charge is -2.28. The van der Waals surface area contributed by atoms with Crippen molar-refractivity contribution in [1.82, 2.24) is 15.2 Å². The van der Waals surface area contributed by atoms with Gasteiger partial charge >= 0.3 is 0 Å². The van der Waals surface area contributed by atoms with Gasteiger partial charge in [0.15, 0.2) is 11.7 Å². The monoisotopic (exact) mass is 405 g/mol. The molecule has 3 aromatic rings. The Hall–Kier alpha value is -2.92. The number of rotatable bonds is 9. The summed E-state index contributed by atoms with van der Waals surface area (Å²) in [5.41, 5.74) is 2.80. The van der Waals surface area contributed by atoms with Crippen molar-refractivity contribution in [3.05, 3.63) is 66.6 Å². The quantitative estimate of drug-likeness (QED) is 0.563. The fourth-order valence-corrected chi connectivity index (χ4v) is 3.61. The number of hydrogen-bond donors (Lipinski definition) is 1. The topological polar surface area (TPSA) is 58.4 Å². The Balaban J connectivity index is 1.70. The second-order valence-corrected chi connectivity index (χ2v) is 8.70. The van der Waals surface area contributed by atoms with Gasteiger partial charge in [0, 0.05) is 37.1 Å². The number of hydrogen-bond acceptors (Lipinski definition) is 4. The van der Waals surface area contributed by atoms with E-state index in [2.05, 4.69) is 24.1 Å². The molecule has 0 fully saturated rings. The third kappa shape index (κ3) is 6.04. The number of aromatic nitrogens is 1. The van der Waals surface area contributed by atoms with Crippen LogP contribution in [0.15, 0.2) is 65.1 Å². The largest absolute Gasteiger partial charge is 0.440 e. The molecule has 158 valence electrons. The normalized spacial score (nSPS) is 11.6. The van der Waals surface area contributed by atoms with Gasteiger partial charge in [-0.25, -0.2) is 4.98 Å². The van der Waals surface area contributed by atoms with Crippen LogP contribution in [0, 0.1) is 5.41 Å². The molecule has 1 aromatic heterocycles. The fourth-order valence-electron chi connectivity index (χ4n) is 3.61. The molecule has 5 nitrogen and oxygen atoms in total. The number of carbonyl (C=O) groups excluding carboxylic acids is 1. The third-order valence-corrected chi connectivity index (χ3v) is 4.83. The molecule has 2 aromatic carbocycles. The zero-order valence-electron chi connectivity index (χ0n) is 18.3. The van der Waals surface area contributed by atoms with Gasteiger partial charge in [0.2, 0.25) is 5.91 Å². The molecule has 0 radical (unpaired) electrons. The van der Waals surface area contributed by atoms with Crippen molar-refractivity contribution < 1.29 is 9.21 Å². The van der Waals surface area contributed by atoms with Gasteiger partial charge in [0.25, 0.3) is 0 Å². The Morgan fingerprint density at radius 2 is 1.60 bits per heavy atom. The van der Waals surface area contributed by atoms with E-state index >= 15 is 0 Å². The molecule has 0 atom stereocenters. The van der Waals surface area contributed by atoms with Crippen molar-refractivity contribution in [2.75, 3.05) is 27.2 Å². The van der Waals surface area contributed by atoms with Gasteiger partial charge in [-0.3, -0.25) is 4.79 Å². The Morgan fingerprint density at radius 1 is 1.00 bits per heavy atom. The van der Waals surface area contributed by atoms with Crippen LogP contribution in [-0.2, 0) is 11.2 Å². The molecular formula is C25H31N3O2. The highest BCUT2D eigenvalue weighted by Crippen LogP contribution is 2.32. The molecule has 5 heteroatoms. The van der Waals surface area contributed by atoms with Crippen molar-refractivity contribution in [3.8, 4) is 22.6 Å². The van der Waals surface area contributed by atoms with Gasteiger partial charge in [-0.05, 0) is 19.5 Å². The number of nitrogens with zero attached hydrogens (tertiary/aromatic N) is 2. The van der Waals surface area contributed by atoms with Gasteiger partial charge in [0.05, 0.1) is 0 Å². The number of nitrogens with one attached hydrogen (secondary N) is 1. The first-order valence-electron chi connectivity index (χ1n) is 10.4. The van der Waals surface area contributed by atoms with Crippen molar-refractivity contribution >= 4 is 5.91 Å². The Bertz CT molecular complexity index is 890. The molecule has 1 amide bonds. The van der Waals surface area contributed by atoms with Crippen molar-refractivity contribution in [2.24, 2.45) is 5.41 Å². The summed E-state index contributed by atoms with van der Waals surface area (Å²) in [6.07, 6.45) is 0.813. The minimum atomic E-state index is 0.0163. The summed E-state index contributed by atoms with van der Waals surface area (Å²) in [4.78, 5) is 19.2. The molecule has 0 saturated heterocycles. The van der Waals surface area contributed by atoms with Crippen LogP contribution in [0.25, 0.3) is 22.6 Å². The van der Waals surface area contributed by atoms with Crippen LogP contribution in [0.1, 0.15) is 26.2 Å². The van der Waals surface area contributed by atoms with Crippen molar-refractivity contribution in [2.45, 2.75) is 26.7 Å². The van der Waals surface area contributed by atoms with E-state index in [0.717, 1.165) is 29.1 Å². The fraction of sp³-hybridized carbons (Fsp3) is 0.360. The average Bonchev–Trinajstić information content (AvgIpc) is 3.16. The predicted octanol–water partition coefficient (Wildman–Crippen LogP) is 4.65. The molecule has 0 saturated carbocycles. The summed E-state index contributed by atoms with van der Waals surface area (Å²) in [7, 11) is 4.08. The smallest absolute Gasteiger partial charge is 0.220 e. The van der Waals surface area contributed by atoms with Crippen LogP contribution in [0.5, 0.6) is 0 Å². The van der Waals surface area contributed by atoms with Gasteiger partial charge in [0.1, 0.15) is 5.69 Å². The van der Waals surface area contributed by atoms with E-state index in [4.69, 9.17) is 9.40 Å². The maximum absolute atomic E-state index is 12.4. The Labute approximate surface area is 179 Å². The van der Waals surface area contributed by atoms with Crippen molar-refractivity contribution in [1.29, 1.82) is 0 Å². The highest BCUT2D eigenvalue weighted by Gasteiger charge is 2.21. The first-order valence-corrected chi connectivity index (χ1v) is 10.4. The molecule has 0 aliphatic rings. The Morgan fingerprint density at radius 3 is 2.20 bits per heavy atom. The maximum Gasteiger partial charge on any atom is 0.220 e. The average molecular weight is 406 g/mol. The molecule has 1 N–H and O–H groups in total. The second kappa shape index (κ2) is 9.72. The number of amides is 1. The first kappa shape index (κ1) is 21.8. The number of oxazole rings is 1. The lowest BCUT2D eigenvalue weighted by molar-refractivity contribution is -0.121. The molecule has 0 bridgehead atoms. The van der Waals surface area contributed by atoms with Crippen LogP contribution in [-0.4, -0.2) is 43.0 Å². The van der Waals surface area contributed by atoms with Gasteiger partial charge in [-0.1, -0.05) is 74.5 Å². The lowest BCUT2D eigenvalue weighted by Crippen LogP contribution is -2.40. The van der Waals surface area contributed by atoms with Crippen LogP contribution < -0.4 is 5.32 Å². The lowest BCUT2D eigenvalue weighted by atomic mass is 9.93. The molecular weight excluding hydrogens is 374 g/mol. The summed E-state index contributed by atoms with van der Waals surface area (Å²) in [6.45, 7) is 5.85. The van der Waals surface area contributed by atoms with Crippen LogP contribution >= 0.6 is 0 Å². The minimum Gasteiger partial charge on any atom is -0.440 e. The van der Waals surface area contributed by atoms with Gasteiger partial charge < -0.3 is 14.6 Å². The van der Waals surface area contributed by atoms with Crippen LogP contribution in [0.4, 0.5) is 0 Å². The van der Waals surface area contributed by atoms with E-state index in [1.807, 2.05) is 74.8 Å². The van der Waals surface area contributed by atoms with Crippen LogP contribution in [0.2, 0.25) is 0 Å². The van der Waals surface area contributed by atoms with E-state index in [1.54, 1.807) is 0 Å². The zero-order valence-corrected chi connectivity index (χ0v) is 18.3. The standard InChI is InChI=1S/C25H31N3O2/c1-25(2,18-28(3)4)17-26-21(29)15-16-22-27-23(19-11-7-5-8-12-19)24(30-22)20-13-9-6-10-14-20/h5-14H,15-18H2,1-4H3,(H,26,29). The number of benzene rings is 2. The summed E-state index contributed by atoms with van der Waals surface area (Å²) < 4.78 is 6.11. The zero-order chi connectivity index (χ0) is 21.6. The number of carbonyl (C=O) groups is 1. The summed E-state index contributed by atoms with van der Waals surface area (Å²) in [5.74, 6) is 1.34. The van der Waals surface area contributed by atoms with E-state index < -0.39 is 0 Å².